The predicted octanol–water partition coefficient (Wildman–Crippen LogP) is -3.01. The Morgan fingerprint density at radius 3 is 1.33 bits per heavy atom. The molecule has 0 rings (SSSR count). The monoisotopic (exact) mass is 243 g/mol. The molecule has 75 valence electrons. The fraction of sp³-hybridized carbons (Fsp3) is 1.00. The van der Waals surface area contributed by atoms with Gasteiger partial charge in [0.15, 0.2) is 0 Å². The second-order valence-electron chi connectivity index (χ2n) is 1.43. The molecule has 0 saturated carbocycles. The molecule has 0 heterocycles. The molecule has 0 aromatic heterocycles. The van der Waals surface area contributed by atoms with Gasteiger partial charge in [0.25, 0.3) is 0 Å². The Bertz CT molecular complexity index is 153. The summed E-state index contributed by atoms with van der Waals surface area (Å²) in [5, 5.41) is 24.0. The maximum absolute atomic E-state index is 8.52. The van der Waals surface area contributed by atoms with E-state index >= 15 is 0 Å². The van der Waals surface area contributed by atoms with Gasteiger partial charge in [-0.3, -0.25) is 8.42 Å². The van der Waals surface area contributed by atoms with E-state index in [1.54, 1.807) is 0 Å². The molecule has 0 atom stereocenters. The van der Waals surface area contributed by atoms with Crippen molar-refractivity contribution in [2.24, 2.45) is 0 Å². The van der Waals surface area contributed by atoms with Gasteiger partial charge in [-0.2, -0.15) is 0 Å². The molecule has 0 aliphatic heterocycles. The molecular weight excluding hydrogens is 235 g/mol. The van der Waals surface area contributed by atoms with Crippen LogP contribution in [0.15, 0.2) is 0 Å². The number of rotatable bonds is 2. The molecule has 7 nitrogen and oxygen atoms in total. The predicted molar refractivity (Wildman–Crippen MR) is 30.7 cm³/mol. The van der Waals surface area contributed by atoms with Crippen molar-refractivity contribution in [3.63, 3.8) is 0 Å². The van der Waals surface area contributed by atoms with E-state index in [0.29, 0.717) is 0 Å². The van der Waals surface area contributed by atoms with Crippen LogP contribution in [0.2, 0.25) is 0 Å². The van der Waals surface area contributed by atoms with Gasteiger partial charge in [-0.1, -0.05) is 0 Å². The van der Waals surface area contributed by atoms with Crippen molar-refractivity contribution < 1.29 is 49.9 Å². The molecule has 0 amide bonds. The third-order valence-electron chi connectivity index (χ3n) is 0.421. The van der Waals surface area contributed by atoms with E-state index in [0.717, 1.165) is 0 Å². The van der Waals surface area contributed by atoms with E-state index in [-0.39, 0.29) is 30.3 Å². The van der Waals surface area contributed by atoms with Crippen molar-refractivity contribution in [1.29, 1.82) is 0 Å². The first kappa shape index (κ1) is 18.1. The third kappa shape index (κ3) is 48.4. The molecule has 0 aromatic rings. The molecule has 0 unspecified atom stereocenters. The largest absolute Gasteiger partial charge is 2.00 e. The molecule has 12 heavy (non-hydrogen) atoms. The summed E-state index contributed by atoms with van der Waals surface area (Å²) in [5.74, 6) is 0. The number of aliphatic hydroxyl groups excluding tert-OH is 3. The van der Waals surface area contributed by atoms with E-state index in [4.69, 9.17) is 32.8 Å². The Morgan fingerprint density at radius 1 is 1.17 bits per heavy atom. The van der Waals surface area contributed by atoms with Crippen molar-refractivity contribution in [3.05, 3.63) is 0 Å². The maximum atomic E-state index is 8.52. The van der Waals surface area contributed by atoms with Gasteiger partial charge in [0.05, 0.1) is 13.2 Å². The van der Waals surface area contributed by atoms with E-state index < -0.39 is 16.5 Å². The molecule has 0 bridgehead atoms. The second-order valence-corrected chi connectivity index (χ2v) is 2.24. The van der Waals surface area contributed by atoms with Crippen molar-refractivity contribution in [2.75, 3.05) is 13.2 Å². The average Bonchev–Trinajstić information content (AvgIpc) is 1.83. The molecule has 0 spiro atoms. The first-order valence-electron chi connectivity index (χ1n) is 2.37. The van der Waals surface area contributed by atoms with Crippen LogP contribution in [0, 0.1) is 0 Å². The molecule has 1 radical (unpaired) electrons. The van der Waals surface area contributed by atoms with E-state index in [1.165, 1.54) is 0 Å². The van der Waals surface area contributed by atoms with Crippen LogP contribution < -0.4 is 0 Å². The summed E-state index contributed by atoms with van der Waals surface area (Å²) >= 11 is 0. The molecular formula is C3H8MnO7S. The van der Waals surface area contributed by atoms with Crippen LogP contribution in [0.25, 0.3) is 0 Å². The number of hydrogen-bond donors (Lipinski definition) is 3. The van der Waals surface area contributed by atoms with Crippen LogP contribution in [0.1, 0.15) is 0 Å². The van der Waals surface area contributed by atoms with Gasteiger partial charge < -0.3 is 24.4 Å². The first-order chi connectivity index (χ1) is 4.81. The van der Waals surface area contributed by atoms with Crippen LogP contribution in [0.5, 0.6) is 0 Å². The topological polar surface area (TPSA) is 141 Å². The van der Waals surface area contributed by atoms with Crippen molar-refractivity contribution in [2.45, 2.75) is 6.10 Å². The van der Waals surface area contributed by atoms with Gasteiger partial charge in [-0.15, -0.1) is 0 Å². The number of aliphatic hydroxyl groups is 3. The first-order valence-corrected chi connectivity index (χ1v) is 3.71. The van der Waals surface area contributed by atoms with Crippen molar-refractivity contribution >= 4 is 10.4 Å². The van der Waals surface area contributed by atoms with Gasteiger partial charge in [0.1, 0.15) is 6.10 Å². The average molecular weight is 243 g/mol. The summed E-state index contributed by atoms with van der Waals surface area (Å²) in [6.07, 6.45) is -0.954. The summed E-state index contributed by atoms with van der Waals surface area (Å²) in [7, 11) is -5.17. The Balaban J connectivity index is -0.000000126. The molecule has 0 aromatic carbocycles. The van der Waals surface area contributed by atoms with Gasteiger partial charge in [0.2, 0.25) is 0 Å². The fourth-order valence-corrected chi connectivity index (χ4v) is 0.0577. The quantitative estimate of drug-likeness (QED) is 0.266. The van der Waals surface area contributed by atoms with Gasteiger partial charge in [0, 0.05) is 10.4 Å². The van der Waals surface area contributed by atoms with Crippen LogP contribution in [-0.2, 0) is 27.5 Å². The fourth-order valence-electron chi connectivity index (χ4n) is 0.0577. The normalized spacial score (nSPS) is 9.83. The molecule has 0 fully saturated rings. The SMILES string of the molecule is O=S(=O)([O-])[O-].OCC(O)CO.[Mn+2]. The van der Waals surface area contributed by atoms with E-state index in [9.17, 15) is 0 Å². The summed E-state index contributed by atoms with van der Waals surface area (Å²) in [6.45, 7) is -0.729. The van der Waals surface area contributed by atoms with Crippen LogP contribution in [0.3, 0.4) is 0 Å². The number of hydrogen-bond acceptors (Lipinski definition) is 7. The Labute approximate surface area is 80.1 Å². The van der Waals surface area contributed by atoms with Crippen molar-refractivity contribution in [3.8, 4) is 0 Å². The van der Waals surface area contributed by atoms with E-state index in [2.05, 4.69) is 0 Å². The van der Waals surface area contributed by atoms with Crippen LogP contribution >= 0.6 is 0 Å². The van der Waals surface area contributed by atoms with Gasteiger partial charge in [-0.05, 0) is 0 Å². The van der Waals surface area contributed by atoms with Gasteiger partial charge >= 0.3 is 17.1 Å². The van der Waals surface area contributed by atoms with Crippen LogP contribution in [-0.4, -0.2) is 52.2 Å². The Hall–Kier alpha value is 0.269. The Kier molecular flexibility index (Phi) is 14.1. The summed E-state index contributed by atoms with van der Waals surface area (Å²) in [5.41, 5.74) is 0. The summed E-state index contributed by atoms with van der Waals surface area (Å²) < 4.78 is 34.1. The maximum Gasteiger partial charge on any atom is 2.00 e. The minimum absolute atomic E-state index is 0. The molecule has 0 aliphatic rings. The zero-order valence-electron chi connectivity index (χ0n) is 5.75. The standard InChI is InChI=1S/C3H8O3.Mn.H2O4S/c4-1-3(6)2-5;;1-5(2,3)4/h3-6H,1-2H2;;(H2,1,2,3,4)/q;+2;/p-2. The third-order valence-corrected chi connectivity index (χ3v) is 0.421. The van der Waals surface area contributed by atoms with Gasteiger partial charge in [-0.25, -0.2) is 0 Å². The Morgan fingerprint density at radius 2 is 1.33 bits per heavy atom. The van der Waals surface area contributed by atoms with Crippen molar-refractivity contribution in [1.82, 2.24) is 0 Å². The van der Waals surface area contributed by atoms with E-state index in [1.807, 2.05) is 0 Å². The van der Waals surface area contributed by atoms with Crippen LogP contribution in [0.4, 0.5) is 0 Å². The minimum Gasteiger partial charge on any atom is -0.759 e. The zero-order chi connectivity index (χ0) is 9.49. The minimum atomic E-state index is -5.17. The second kappa shape index (κ2) is 9.36. The molecule has 3 N–H and O–H groups in total. The molecule has 0 saturated heterocycles. The molecule has 0 aliphatic carbocycles. The molecule has 9 heteroatoms. The smallest absolute Gasteiger partial charge is 0.759 e. The summed E-state index contributed by atoms with van der Waals surface area (Å²) in [4.78, 5) is 0. The summed E-state index contributed by atoms with van der Waals surface area (Å²) in [6, 6.07) is 0. The zero-order valence-corrected chi connectivity index (χ0v) is 7.75.